The van der Waals surface area contributed by atoms with Crippen LogP contribution in [0, 0.1) is 10.1 Å². The van der Waals surface area contributed by atoms with E-state index in [-0.39, 0.29) is 11.4 Å². The highest BCUT2D eigenvalue weighted by molar-refractivity contribution is 5.82. The van der Waals surface area contributed by atoms with Crippen molar-refractivity contribution in [3.05, 3.63) is 27.9 Å². The van der Waals surface area contributed by atoms with Crippen molar-refractivity contribution in [3.63, 3.8) is 0 Å². The number of nitrogens with one attached hydrogen (secondary N) is 1. The number of unbranched alkanes of at least 4 members (excludes halogenated alkanes) is 2. The van der Waals surface area contributed by atoms with Crippen LogP contribution in [0.25, 0.3) is 11.3 Å². The molecule has 0 amide bonds. The molecule has 0 spiro atoms. The van der Waals surface area contributed by atoms with E-state index in [9.17, 15) is 10.1 Å². The van der Waals surface area contributed by atoms with Gasteiger partial charge in [0, 0.05) is 30.6 Å². The van der Waals surface area contributed by atoms with Gasteiger partial charge < -0.3 is 14.4 Å². The standard InChI is InChI=1S/C20H26N4O4/c1-3-4-5-10-28-20-15(24(25)26)11-14(12-16(20)27-2)18-19-17(21-22-18)13-6-8-23(19)9-7-13/h11-13H,3-10H2,1-2H3,(H,21,22). The van der Waals surface area contributed by atoms with E-state index in [1.807, 2.05) is 0 Å². The van der Waals surface area contributed by atoms with Crippen LogP contribution in [0.2, 0.25) is 0 Å². The third kappa shape index (κ3) is 3.16. The highest BCUT2D eigenvalue weighted by atomic mass is 16.6. The number of anilines is 1. The molecular formula is C20H26N4O4. The zero-order valence-corrected chi connectivity index (χ0v) is 16.4. The van der Waals surface area contributed by atoms with E-state index in [1.165, 1.54) is 7.11 Å². The van der Waals surface area contributed by atoms with Gasteiger partial charge in [0.05, 0.1) is 30.0 Å². The van der Waals surface area contributed by atoms with Crippen molar-refractivity contribution >= 4 is 11.4 Å². The van der Waals surface area contributed by atoms with Gasteiger partial charge in [-0.15, -0.1) is 0 Å². The first-order chi connectivity index (χ1) is 13.6. The number of nitro groups is 1. The van der Waals surface area contributed by atoms with Gasteiger partial charge in [0.15, 0.2) is 5.75 Å². The number of fused-ring (bicyclic) bond motifs is 2. The number of hydrogen-bond acceptors (Lipinski definition) is 6. The minimum Gasteiger partial charge on any atom is -0.493 e. The van der Waals surface area contributed by atoms with E-state index in [0.717, 1.165) is 62.3 Å². The van der Waals surface area contributed by atoms with Crippen molar-refractivity contribution in [2.45, 2.75) is 44.9 Å². The number of aromatic nitrogens is 2. The number of rotatable bonds is 8. The van der Waals surface area contributed by atoms with Gasteiger partial charge in [-0.25, -0.2) is 0 Å². The average Bonchev–Trinajstić information content (AvgIpc) is 3.19. The van der Waals surface area contributed by atoms with Crippen LogP contribution in [-0.2, 0) is 0 Å². The molecule has 1 N–H and O–H groups in total. The van der Waals surface area contributed by atoms with Gasteiger partial charge in [-0.3, -0.25) is 15.2 Å². The van der Waals surface area contributed by atoms with Gasteiger partial charge in [-0.2, -0.15) is 5.10 Å². The van der Waals surface area contributed by atoms with Crippen LogP contribution in [-0.4, -0.2) is 41.9 Å². The first-order valence-electron chi connectivity index (χ1n) is 9.96. The van der Waals surface area contributed by atoms with Gasteiger partial charge in [0.25, 0.3) is 0 Å². The molecule has 3 aliphatic rings. The Hall–Kier alpha value is -2.77. The van der Waals surface area contributed by atoms with Crippen molar-refractivity contribution in [2.75, 3.05) is 31.7 Å². The molecule has 8 nitrogen and oxygen atoms in total. The number of H-pyrrole nitrogens is 1. The molecule has 0 aliphatic carbocycles. The molecule has 8 heteroatoms. The zero-order chi connectivity index (χ0) is 19.7. The molecule has 1 fully saturated rings. The second-order valence-corrected chi connectivity index (χ2v) is 7.44. The number of ether oxygens (including phenoxy) is 2. The summed E-state index contributed by atoms with van der Waals surface area (Å²) in [6.07, 6.45) is 5.18. The molecule has 1 aromatic heterocycles. The minimum atomic E-state index is -0.410. The van der Waals surface area contributed by atoms with Crippen LogP contribution < -0.4 is 14.4 Å². The molecule has 150 valence electrons. The fourth-order valence-electron chi connectivity index (χ4n) is 4.23. The summed E-state index contributed by atoms with van der Waals surface area (Å²) >= 11 is 0. The molecule has 3 aliphatic heterocycles. The Morgan fingerprint density at radius 1 is 1.32 bits per heavy atom. The Labute approximate surface area is 164 Å². The Bertz CT molecular complexity index is 871. The van der Waals surface area contributed by atoms with Gasteiger partial charge in [-0.1, -0.05) is 19.8 Å². The van der Waals surface area contributed by atoms with Gasteiger partial charge in [0.2, 0.25) is 5.75 Å². The maximum atomic E-state index is 11.7. The van der Waals surface area contributed by atoms with E-state index < -0.39 is 4.92 Å². The predicted molar refractivity (Wildman–Crippen MR) is 106 cm³/mol. The molecular weight excluding hydrogens is 360 g/mol. The molecule has 28 heavy (non-hydrogen) atoms. The third-order valence-corrected chi connectivity index (χ3v) is 5.71. The molecule has 4 heterocycles. The SMILES string of the molecule is CCCCCOc1c(OC)cc(-c2n[nH]c3c2N2CCC3CC2)cc1[N+](=O)[O-]. The number of methoxy groups -OCH3 is 1. The van der Waals surface area contributed by atoms with E-state index in [0.29, 0.717) is 23.8 Å². The van der Waals surface area contributed by atoms with Gasteiger partial charge in [0.1, 0.15) is 5.69 Å². The van der Waals surface area contributed by atoms with Crippen LogP contribution in [0.1, 0.15) is 50.6 Å². The molecule has 2 bridgehead atoms. The first kappa shape index (κ1) is 18.6. The summed E-state index contributed by atoms with van der Waals surface area (Å²) in [7, 11) is 1.51. The third-order valence-electron chi connectivity index (χ3n) is 5.71. The number of nitro benzene ring substituents is 1. The molecule has 0 radical (unpaired) electrons. The number of aromatic amines is 1. The Morgan fingerprint density at radius 3 is 2.79 bits per heavy atom. The smallest absolute Gasteiger partial charge is 0.315 e. The summed E-state index contributed by atoms with van der Waals surface area (Å²) in [5.74, 6) is 1.06. The van der Waals surface area contributed by atoms with Gasteiger partial charge in [-0.05, 0) is 25.3 Å². The summed E-state index contributed by atoms with van der Waals surface area (Å²) in [5.41, 5.74) is 3.57. The normalized spacial score (nSPS) is 15.6. The van der Waals surface area contributed by atoms with Crippen LogP contribution in [0.3, 0.4) is 0 Å². The Morgan fingerprint density at radius 2 is 2.11 bits per heavy atom. The molecule has 5 rings (SSSR count). The quantitative estimate of drug-likeness (QED) is 0.414. The van der Waals surface area contributed by atoms with Crippen molar-refractivity contribution in [1.82, 2.24) is 10.2 Å². The largest absolute Gasteiger partial charge is 0.493 e. The topological polar surface area (TPSA) is 93.5 Å². The lowest BCUT2D eigenvalue weighted by Crippen LogP contribution is -2.38. The van der Waals surface area contributed by atoms with Crippen LogP contribution >= 0.6 is 0 Å². The van der Waals surface area contributed by atoms with E-state index in [4.69, 9.17) is 9.47 Å². The van der Waals surface area contributed by atoms with Crippen LogP contribution in [0.4, 0.5) is 11.4 Å². The zero-order valence-electron chi connectivity index (χ0n) is 16.4. The molecule has 1 saturated heterocycles. The molecule has 0 atom stereocenters. The monoisotopic (exact) mass is 386 g/mol. The predicted octanol–water partition coefficient (Wildman–Crippen LogP) is 4.26. The Balaban J connectivity index is 1.73. The average molecular weight is 386 g/mol. The second kappa shape index (κ2) is 7.69. The summed E-state index contributed by atoms with van der Waals surface area (Å²) in [6.45, 7) is 4.53. The highest BCUT2D eigenvalue weighted by Crippen LogP contribution is 2.48. The molecule has 2 aromatic rings. The van der Waals surface area contributed by atoms with Crippen LogP contribution in [0.5, 0.6) is 11.5 Å². The fraction of sp³-hybridized carbons (Fsp3) is 0.550. The summed E-state index contributed by atoms with van der Waals surface area (Å²) in [4.78, 5) is 13.7. The molecule has 0 saturated carbocycles. The lowest BCUT2D eigenvalue weighted by atomic mass is 9.86. The summed E-state index contributed by atoms with van der Waals surface area (Å²) < 4.78 is 11.2. The number of benzene rings is 1. The van der Waals surface area contributed by atoms with E-state index in [2.05, 4.69) is 22.0 Å². The lowest BCUT2D eigenvalue weighted by molar-refractivity contribution is -0.385. The Kier molecular flexibility index (Phi) is 5.11. The van der Waals surface area contributed by atoms with E-state index in [1.54, 1.807) is 12.1 Å². The number of nitrogens with zero attached hydrogens (tertiary/aromatic N) is 3. The van der Waals surface area contributed by atoms with E-state index >= 15 is 0 Å². The van der Waals surface area contributed by atoms with Crippen molar-refractivity contribution < 1.29 is 14.4 Å². The number of hydrogen-bond donors (Lipinski definition) is 1. The fourth-order valence-corrected chi connectivity index (χ4v) is 4.23. The molecule has 1 aromatic carbocycles. The highest BCUT2D eigenvalue weighted by Gasteiger charge is 2.36. The molecule has 0 unspecified atom stereocenters. The van der Waals surface area contributed by atoms with Crippen LogP contribution in [0.15, 0.2) is 12.1 Å². The maximum Gasteiger partial charge on any atom is 0.315 e. The maximum absolute atomic E-state index is 11.7. The number of piperidine rings is 1. The van der Waals surface area contributed by atoms with Crippen molar-refractivity contribution in [3.8, 4) is 22.8 Å². The first-order valence-corrected chi connectivity index (χ1v) is 9.96. The summed E-state index contributed by atoms with van der Waals surface area (Å²) in [5, 5.41) is 19.4. The minimum absolute atomic E-state index is 0.0847. The van der Waals surface area contributed by atoms with Gasteiger partial charge >= 0.3 is 5.69 Å². The lowest BCUT2D eigenvalue weighted by Gasteiger charge is -2.40. The second-order valence-electron chi connectivity index (χ2n) is 7.44. The van der Waals surface area contributed by atoms with Crippen molar-refractivity contribution in [2.24, 2.45) is 0 Å². The summed E-state index contributed by atoms with van der Waals surface area (Å²) in [6, 6.07) is 3.35. The van der Waals surface area contributed by atoms with Crippen molar-refractivity contribution in [1.29, 1.82) is 0 Å².